The minimum absolute atomic E-state index is 0.0374. The molecule has 1 unspecified atom stereocenters. The minimum Gasteiger partial charge on any atom is -0.363 e. The summed E-state index contributed by atoms with van der Waals surface area (Å²) in [6, 6.07) is 11.4. The summed E-state index contributed by atoms with van der Waals surface area (Å²) in [7, 11) is 3.84. The van der Waals surface area contributed by atoms with Crippen LogP contribution in [0.3, 0.4) is 0 Å². The number of hydrogen-bond acceptors (Lipinski definition) is 7. The molecule has 38 heavy (non-hydrogen) atoms. The molecule has 2 N–H and O–H groups in total. The molecule has 2 amide bonds. The lowest BCUT2D eigenvalue weighted by atomic mass is 10.0. The van der Waals surface area contributed by atoms with Crippen LogP contribution < -0.4 is 15.5 Å². The normalized spacial score (nSPS) is 15.9. The van der Waals surface area contributed by atoms with E-state index in [0.29, 0.717) is 34.8 Å². The lowest BCUT2D eigenvalue weighted by molar-refractivity contribution is -0.122. The van der Waals surface area contributed by atoms with Gasteiger partial charge in [0.25, 0.3) is 5.91 Å². The highest BCUT2D eigenvalue weighted by molar-refractivity contribution is 6.33. The summed E-state index contributed by atoms with van der Waals surface area (Å²) >= 11 is 6.45. The third kappa shape index (κ3) is 5.57. The van der Waals surface area contributed by atoms with Gasteiger partial charge in [0, 0.05) is 37.8 Å². The van der Waals surface area contributed by atoms with Gasteiger partial charge in [0.15, 0.2) is 0 Å². The van der Waals surface area contributed by atoms with Gasteiger partial charge in [-0.05, 0) is 43.5 Å². The fraction of sp³-hybridized carbons (Fsp3) is 0.393. The molecule has 198 valence electrons. The number of aromatic nitrogens is 3. The van der Waals surface area contributed by atoms with E-state index in [1.54, 1.807) is 11.1 Å². The molecular formula is C28H32ClN7O2. The lowest BCUT2D eigenvalue weighted by Gasteiger charge is -2.19. The number of fused-ring (bicyclic) bond motifs is 1. The molecule has 3 aromatic rings. The largest absolute Gasteiger partial charge is 0.363 e. The third-order valence-corrected chi connectivity index (χ3v) is 7.34. The summed E-state index contributed by atoms with van der Waals surface area (Å²) in [5, 5.41) is 6.78. The average molecular weight is 534 g/mol. The maximum Gasteiger partial charge on any atom is 0.254 e. The van der Waals surface area contributed by atoms with E-state index in [4.69, 9.17) is 11.6 Å². The highest BCUT2D eigenvalue weighted by atomic mass is 35.5. The summed E-state index contributed by atoms with van der Waals surface area (Å²) in [4.78, 5) is 43.1. The van der Waals surface area contributed by atoms with Gasteiger partial charge in [0.2, 0.25) is 11.9 Å². The van der Waals surface area contributed by atoms with E-state index >= 15 is 0 Å². The lowest BCUT2D eigenvalue weighted by Crippen LogP contribution is -2.38. The third-order valence-electron chi connectivity index (χ3n) is 7.06. The zero-order valence-corrected chi connectivity index (χ0v) is 22.6. The number of pyridine rings is 1. The number of nitrogens with one attached hydrogen (secondary N) is 2. The first-order chi connectivity index (χ1) is 18.3. The highest BCUT2D eigenvalue weighted by Gasteiger charge is 2.30. The standard InChI is InChI=1S/C28H32ClN7O2/c1-17(23-9-6-10-24(33-23)35(2)3)31-25(37)16-36-15-19-12-11-18(13-21(19)27(36)38)26-22(29)14-30-28(34-26)32-20-7-4-5-8-20/h6,9-14,17,20H,4-5,7-8,15-16H2,1-3H3,(H,31,37)(H,30,32,34). The number of carbonyl (C=O) groups is 2. The van der Waals surface area contributed by atoms with Gasteiger partial charge in [0.05, 0.1) is 28.6 Å². The second kappa shape index (κ2) is 10.9. The monoisotopic (exact) mass is 533 g/mol. The number of halogens is 1. The van der Waals surface area contributed by atoms with Gasteiger partial charge in [-0.2, -0.15) is 0 Å². The van der Waals surface area contributed by atoms with Crippen molar-refractivity contribution in [2.24, 2.45) is 0 Å². The van der Waals surface area contributed by atoms with Gasteiger partial charge < -0.3 is 20.4 Å². The summed E-state index contributed by atoms with van der Waals surface area (Å²) in [6.45, 7) is 2.22. The first kappa shape index (κ1) is 25.9. The first-order valence-electron chi connectivity index (χ1n) is 12.9. The van der Waals surface area contributed by atoms with Gasteiger partial charge in [-0.25, -0.2) is 15.0 Å². The fourth-order valence-corrected chi connectivity index (χ4v) is 5.19. The molecule has 1 saturated carbocycles. The van der Waals surface area contributed by atoms with Crippen LogP contribution in [0.1, 0.15) is 60.3 Å². The van der Waals surface area contributed by atoms with Gasteiger partial charge in [0.1, 0.15) is 12.4 Å². The van der Waals surface area contributed by atoms with Crippen molar-refractivity contribution in [3.63, 3.8) is 0 Å². The number of amides is 2. The van der Waals surface area contributed by atoms with Crippen LogP contribution in [-0.4, -0.2) is 58.3 Å². The molecule has 5 rings (SSSR count). The summed E-state index contributed by atoms with van der Waals surface area (Å²) in [5.74, 6) is 0.931. The van der Waals surface area contributed by atoms with Crippen molar-refractivity contribution >= 4 is 35.2 Å². The van der Waals surface area contributed by atoms with Gasteiger partial charge in [-0.15, -0.1) is 0 Å². The van der Waals surface area contributed by atoms with Crippen molar-refractivity contribution < 1.29 is 9.59 Å². The van der Waals surface area contributed by atoms with E-state index in [-0.39, 0.29) is 24.4 Å². The maximum atomic E-state index is 13.2. The molecule has 9 nitrogen and oxygen atoms in total. The molecule has 1 fully saturated rings. The van der Waals surface area contributed by atoms with Crippen molar-refractivity contribution in [3.8, 4) is 11.3 Å². The molecule has 2 aliphatic rings. The number of nitrogens with zero attached hydrogens (tertiary/aromatic N) is 5. The Bertz CT molecular complexity index is 1360. The molecule has 10 heteroatoms. The Labute approximate surface area is 227 Å². The Morgan fingerprint density at radius 3 is 2.74 bits per heavy atom. The van der Waals surface area contributed by atoms with E-state index in [1.807, 2.05) is 62.3 Å². The Hall–Kier alpha value is -3.72. The highest BCUT2D eigenvalue weighted by Crippen LogP contribution is 2.32. The Kier molecular flexibility index (Phi) is 7.46. The molecule has 1 aliphatic carbocycles. The van der Waals surface area contributed by atoms with Crippen LogP contribution in [-0.2, 0) is 11.3 Å². The smallest absolute Gasteiger partial charge is 0.254 e. The molecule has 0 radical (unpaired) electrons. The summed E-state index contributed by atoms with van der Waals surface area (Å²) < 4.78 is 0. The molecule has 1 aromatic carbocycles. The van der Waals surface area contributed by atoms with E-state index in [9.17, 15) is 9.59 Å². The predicted molar refractivity (Wildman–Crippen MR) is 148 cm³/mol. The van der Waals surface area contributed by atoms with Crippen LogP contribution in [0.15, 0.2) is 42.6 Å². The van der Waals surface area contributed by atoms with Gasteiger partial charge in [-0.1, -0.05) is 42.6 Å². The quantitative estimate of drug-likeness (QED) is 0.441. The topological polar surface area (TPSA) is 103 Å². The number of rotatable bonds is 8. The molecule has 0 saturated heterocycles. The van der Waals surface area contributed by atoms with E-state index < -0.39 is 0 Å². The van der Waals surface area contributed by atoms with E-state index in [2.05, 4.69) is 25.6 Å². The van der Waals surface area contributed by atoms with Crippen LogP contribution in [0, 0.1) is 0 Å². The van der Waals surface area contributed by atoms with Crippen LogP contribution in [0.5, 0.6) is 0 Å². The van der Waals surface area contributed by atoms with Gasteiger partial charge >= 0.3 is 0 Å². The second-order valence-corrected chi connectivity index (χ2v) is 10.6. The van der Waals surface area contributed by atoms with Crippen LogP contribution in [0.25, 0.3) is 11.3 Å². The van der Waals surface area contributed by atoms with Crippen molar-refractivity contribution in [1.82, 2.24) is 25.2 Å². The van der Waals surface area contributed by atoms with Crippen LogP contribution in [0.2, 0.25) is 5.02 Å². The second-order valence-electron chi connectivity index (χ2n) is 10.2. The SMILES string of the molecule is CC(NC(=O)CN1Cc2ccc(-c3nc(NC4CCCC4)ncc3Cl)cc2C1=O)c1cccc(N(C)C)n1. The molecule has 0 spiro atoms. The van der Waals surface area contributed by atoms with Crippen LogP contribution in [0.4, 0.5) is 11.8 Å². The molecule has 2 aromatic heterocycles. The zero-order valence-electron chi connectivity index (χ0n) is 21.9. The Balaban J connectivity index is 1.26. The predicted octanol–water partition coefficient (Wildman–Crippen LogP) is 4.45. The first-order valence-corrected chi connectivity index (χ1v) is 13.3. The Morgan fingerprint density at radius 2 is 1.97 bits per heavy atom. The average Bonchev–Trinajstić information content (AvgIpc) is 3.52. The maximum absolute atomic E-state index is 13.2. The van der Waals surface area contributed by atoms with Crippen molar-refractivity contribution in [1.29, 1.82) is 0 Å². The number of benzene rings is 1. The van der Waals surface area contributed by atoms with Crippen molar-refractivity contribution in [3.05, 3.63) is 64.4 Å². The number of hydrogen-bond donors (Lipinski definition) is 2. The molecule has 3 heterocycles. The summed E-state index contributed by atoms with van der Waals surface area (Å²) in [6.07, 6.45) is 6.22. The molecule has 1 atom stereocenters. The minimum atomic E-state index is -0.291. The van der Waals surface area contributed by atoms with Crippen molar-refractivity contribution in [2.75, 3.05) is 30.9 Å². The van der Waals surface area contributed by atoms with Crippen molar-refractivity contribution in [2.45, 2.75) is 51.2 Å². The van der Waals surface area contributed by atoms with Gasteiger partial charge in [-0.3, -0.25) is 9.59 Å². The molecule has 0 bridgehead atoms. The summed E-state index contributed by atoms with van der Waals surface area (Å²) in [5.41, 5.74) is 3.51. The van der Waals surface area contributed by atoms with E-state index in [0.717, 1.165) is 35.5 Å². The van der Waals surface area contributed by atoms with Crippen LogP contribution >= 0.6 is 11.6 Å². The number of carbonyl (C=O) groups excluding carboxylic acids is 2. The molecular weight excluding hydrogens is 502 g/mol. The Morgan fingerprint density at radius 1 is 1.18 bits per heavy atom. The number of anilines is 2. The fourth-order valence-electron chi connectivity index (χ4n) is 4.99. The molecule has 1 aliphatic heterocycles. The van der Waals surface area contributed by atoms with E-state index in [1.165, 1.54) is 12.8 Å². The zero-order chi connectivity index (χ0) is 26.8.